The molecule has 0 radical (unpaired) electrons. The molecule has 1 heteroatoms. The van der Waals surface area contributed by atoms with Gasteiger partial charge in [0.15, 0.2) is 0 Å². The van der Waals surface area contributed by atoms with E-state index in [1.165, 1.54) is 16.7 Å². The zero-order valence-corrected chi connectivity index (χ0v) is 12.1. The topological polar surface area (TPSA) is 0 Å². The number of halogens is 1. The minimum atomic E-state index is -0.566. The molecule has 0 amide bonds. The summed E-state index contributed by atoms with van der Waals surface area (Å²) in [6.07, 6.45) is 2.95. The predicted octanol–water partition coefficient (Wildman–Crippen LogP) is 5.33. The summed E-state index contributed by atoms with van der Waals surface area (Å²) in [6, 6.07) is 6.57. The molecule has 1 aliphatic rings. The molecule has 18 heavy (non-hydrogen) atoms. The number of hydrogen-bond donors (Lipinski definition) is 0. The van der Waals surface area contributed by atoms with Crippen LogP contribution in [0.15, 0.2) is 18.2 Å². The van der Waals surface area contributed by atoms with Crippen LogP contribution in [0.5, 0.6) is 0 Å². The smallest absolute Gasteiger partial charge is 0.100 e. The van der Waals surface area contributed by atoms with Crippen LogP contribution in [0.1, 0.15) is 62.1 Å². The van der Waals surface area contributed by atoms with Crippen molar-refractivity contribution >= 4 is 0 Å². The third-order valence-electron chi connectivity index (χ3n) is 5.22. The standard InChI is InChI=1S/C17H25F/c1-12-6-5-7-16(13(12)2)14(3)17(4)10-8-15(18)9-11-17/h5-7,14-15H,8-11H2,1-4H3. The average molecular weight is 248 g/mol. The molecule has 1 fully saturated rings. The molecule has 0 heterocycles. The molecule has 1 aromatic carbocycles. The molecule has 2 rings (SSSR count). The first-order chi connectivity index (χ1) is 8.44. The van der Waals surface area contributed by atoms with Crippen molar-refractivity contribution in [2.45, 2.75) is 65.5 Å². The third kappa shape index (κ3) is 2.46. The molecule has 100 valence electrons. The van der Waals surface area contributed by atoms with E-state index in [0.29, 0.717) is 5.92 Å². The summed E-state index contributed by atoms with van der Waals surface area (Å²) in [5.41, 5.74) is 4.49. The lowest BCUT2D eigenvalue weighted by Crippen LogP contribution is -2.30. The van der Waals surface area contributed by atoms with Gasteiger partial charge in [-0.05, 0) is 67.6 Å². The van der Waals surface area contributed by atoms with Crippen molar-refractivity contribution in [2.24, 2.45) is 5.41 Å². The molecule has 1 aliphatic carbocycles. The fraction of sp³-hybridized carbons (Fsp3) is 0.647. The van der Waals surface area contributed by atoms with E-state index in [4.69, 9.17) is 0 Å². The Labute approximate surface area is 111 Å². The Balaban J connectivity index is 2.25. The van der Waals surface area contributed by atoms with E-state index in [2.05, 4.69) is 45.9 Å². The number of alkyl halides is 1. The van der Waals surface area contributed by atoms with Gasteiger partial charge in [-0.1, -0.05) is 32.0 Å². The first-order valence-corrected chi connectivity index (χ1v) is 7.14. The molecule has 1 atom stereocenters. The van der Waals surface area contributed by atoms with Crippen molar-refractivity contribution in [1.82, 2.24) is 0 Å². The summed E-state index contributed by atoms with van der Waals surface area (Å²) < 4.78 is 13.3. The summed E-state index contributed by atoms with van der Waals surface area (Å²) in [4.78, 5) is 0. The van der Waals surface area contributed by atoms with E-state index in [1.54, 1.807) is 0 Å². The highest BCUT2D eigenvalue weighted by molar-refractivity contribution is 5.36. The molecule has 0 aromatic heterocycles. The van der Waals surface area contributed by atoms with Gasteiger partial charge >= 0.3 is 0 Å². The van der Waals surface area contributed by atoms with Crippen LogP contribution in [0.4, 0.5) is 4.39 Å². The second-order valence-electron chi connectivity index (χ2n) is 6.34. The largest absolute Gasteiger partial charge is 0.247 e. The van der Waals surface area contributed by atoms with Crippen LogP contribution in [0.2, 0.25) is 0 Å². The van der Waals surface area contributed by atoms with E-state index >= 15 is 0 Å². The van der Waals surface area contributed by atoms with Crippen molar-refractivity contribution in [1.29, 1.82) is 0 Å². The first-order valence-electron chi connectivity index (χ1n) is 7.14. The fourth-order valence-corrected chi connectivity index (χ4v) is 3.29. The molecule has 1 saturated carbocycles. The van der Waals surface area contributed by atoms with Gasteiger partial charge in [0.05, 0.1) is 0 Å². The van der Waals surface area contributed by atoms with Gasteiger partial charge in [0.25, 0.3) is 0 Å². The molecule has 1 unspecified atom stereocenters. The highest BCUT2D eigenvalue weighted by Gasteiger charge is 2.36. The van der Waals surface area contributed by atoms with Gasteiger partial charge in [0.1, 0.15) is 6.17 Å². The van der Waals surface area contributed by atoms with Gasteiger partial charge in [-0.3, -0.25) is 0 Å². The van der Waals surface area contributed by atoms with Crippen LogP contribution in [0.3, 0.4) is 0 Å². The molecule has 0 bridgehead atoms. The van der Waals surface area contributed by atoms with Gasteiger partial charge in [-0.15, -0.1) is 0 Å². The van der Waals surface area contributed by atoms with Gasteiger partial charge in [0, 0.05) is 0 Å². The highest BCUT2D eigenvalue weighted by Crippen LogP contribution is 2.48. The molecule has 0 saturated heterocycles. The Morgan fingerprint density at radius 2 is 1.83 bits per heavy atom. The summed E-state index contributed by atoms with van der Waals surface area (Å²) in [6.45, 7) is 9.04. The molecular weight excluding hydrogens is 223 g/mol. The number of benzene rings is 1. The minimum Gasteiger partial charge on any atom is -0.247 e. The maximum absolute atomic E-state index is 13.3. The van der Waals surface area contributed by atoms with Crippen molar-refractivity contribution in [2.75, 3.05) is 0 Å². The van der Waals surface area contributed by atoms with Crippen molar-refractivity contribution in [3.8, 4) is 0 Å². The van der Waals surface area contributed by atoms with E-state index < -0.39 is 6.17 Å². The summed E-state index contributed by atoms with van der Waals surface area (Å²) >= 11 is 0. The zero-order valence-electron chi connectivity index (χ0n) is 12.1. The Kier molecular flexibility index (Phi) is 3.79. The Morgan fingerprint density at radius 3 is 2.44 bits per heavy atom. The molecule has 0 spiro atoms. The van der Waals surface area contributed by atoms with Crippen LogP contribution in [0.25, 0.3) is 0 Å². The van der Waals surface area contributed by atoms with Crippen LogP contribution in [0, 0.1) is 19.3 Å². The Hall–Kier alpha value is -0.850. The van der Waals surface area contributed by atoms with Crippen LogP contribution >= 0.6 is 0 Å². The number of aryl methyl sites for hydroxylation is 1. The van der Waals surface area contributed by atoms with Crippen LogP contribution in [-0.2, 0) is 0 Å². The predicted molar refractivity (Wildman–Crippen MR) is 75.8 cm³/mol. The summed E-state index contributed by atoms with van der Waals surface area (Å²) in [5.74, 6) is 0.518. The monoisotopic (exact) mass is 248 g/mol. The quantitative estimate of drug-likeness (QED) is 0.664. The highest BCUT2D eigenvalue weighted by atomic mass is 19.1. The summed E-state index contributed by atoms with van der Waals surface area (Å²) in [7, 11) is 0. The lowest BCUT2D eigenvalue weighted by molar-refractivity contribution is 0.115. The Bertz CT molecular complexity index is 414. The van der Waals surface area contributed by atoms with E-state index in [-0.39, 0.29) is 5.41 Å². The van der Waals surface area contributed by atoms with Gasteiger partial charge in [-0.2, -0.15) is 0 Å². The second kappa shape index (κ2) is 5.03. The second-order valence-corrected chi connectivity index (χ2v) is 6.34. The zero-order chi connectivity index (χ0) is 13.3. The van der Waals surface area contributed by atoms with Crippen molar-refractivity contribution in [3.05, 3.63) is 34.9 Å². The fourth-order valence-electron chi connectivity index (χ4n) is 3.29. The molecular formula is C17H25F. The normalized spacial score (nSPS) is 30.2. The number of rotatable bonds is 2. The van der Waals surface area contributed by atoms with Gasteiger partial charge in [0.2, 0.25) is 0 Å². The van der Waals surface area contributed by atoms with Crippen LogP contribution in [-0.4, -0.2) is 6.17 Å². The average Bonchev–Trinajstić information content (AvgIpc) is 2.36. The maximum atomic E-state index is 13.3. The van der Waals surface area contributed by atoms with Gasteiger partial charge in [-0.25, -0.2) is 4.39 Å². The van der Waals surface area contributed by atoms with E-state index in [1.807, 2.05) is 0 Å². The SMILES string of the molecule is Cc1cccc(C(C)C2(C)CCC(F)CC2)c1C. The van der Waals surface area contributed by atoms with Crippen molar-refractivity contribution < 1.29 is 4.39 Å². The molecule has 0 N–H and O–H groups in total. The van der Waals surface area contributed by atoms with Gasteiger partial charge < -0.3 is 0 Å². The maximum Gasteiger partial charge on any atom is 0.100 e. The Morgan fingerprint density at radius 1 is 1.22 bits per heavy atom. The third-order valence-corrected chi connectivity index (χ3v) is 5.22. The minimum absolute atomic E-state index is 0.265. The van der Waals surface area contributed by atoms with Crippen molar-refractivity contribution in [3.63, 3.8) is 0 Å². The summed E-state index contributed by atoms with van der Waals surface area (Å²) in [5, 5.41) is 0. The molecule has 0 nitrogen and oxygen atoms in total. The lowest BCUT2D eigenvalue weighted by Gasteiger charge is -2.41. The van der Waals surface area contributed by atoms with E-state index in [0.717, 1.165) is 25.7 Å². The molecule has 1 aromatic rings. The van der Waals surface area contributed by atoms with Crippen LogP contribution < -0.4 is 0 Å². The van der Waals surface area contributed by atoms with E-state index in [9.17, 15) is 4.39 Å². The molecule has 0 aliphatic heterocycles. The lowest BCUT2D eigenvalue weighted by atomic mass is 9.65. The first kappa shape index (κ1) is 13.6. The number of hydrogen-bond acceptors (Lipinski definition) is 0.